The number of carbonyl (C=O) groups excluding carboxylic acids is 7. The van der Waals surface area contributed by atoms with E-state index in [9.17, 15) is 59.6 Å². The first-order valence-electron chi connectivity index (χ1n) is 52.5. The number of hydrogen-bond acceptors (Lipinski definition) is 27. The maximum atomic E-state index is 13.8. The fourth-order valence-electron chi connectivity index (χ4n) is 27.0. The van der Waals surface area contributed by atoms with Crippen molar-refractivity contribution in [3.63, 3.8) is 0 Å². The highest BCUT2D eigenvalue weighted by Crippen LogP contribution is 2.67. The predicted molar refractivity (Wildman–Crippen MR) is 546 cm³/mol. The average molecular weight is 2040 g/mol. The van der Waals surface area contributed by atoms with E-state index in [-0.39, 0.29) is 170 Å². The second-order valence-corrected chi connectivity index (χ2v) is 63.7. The van der Waals surface area contributed by atoms with E-state index in [1.807, 2.05) is 114 Å². The molecule has 8 heterocycles. The summed E-state index contributed by atoms with van der Waals surface area (Å²) in [5.41, 5.74) is 1.16. The molecule has 3 saturated carbocycles. The van der Waals surface area contributed by atoms with Crippen molar-refractivity contribution in [2.24, 2.45) is 130 Å². The summed E-state index contributed by atoms with van der Waals surface area (Å²) in [4.78, 5) is 94.4. The molecule has 16 bridgehead atoms. The molecule has 2 N–H and O–H groups in total. The number of esters is 4. The third-order valence-corrected chi connectivity index (χ3v) is 51.5. The van der Waals surface area contributed by atoms with Gasteiger partial charge in [0.1, 0.15) is 58.4 Å². The van der Waals surface area contributed by atoms with Gasteiger partial charge in [-0.2, -0.15) is 15.8 Å². The van der Waals surface area contributed by atoms with Crippen molar-refractivity contribution >= 4 is 66.2 Å². The number of carbonyl (C=O) groups is 7. The van der Waals surface area contributed by atoms with Gasteiger partial charge >= 0.3 is 23.9 Å². The van der Waals surface area contributed by atoms with E-state index in [0.29, 0.717) is 25.7 Å². The molecule has 7 fully saturated rings. The normalized spacial score (nSPS) is 44.6. The molecule has 30 heteroatoms. The van der Waals surface area contributed by atoms with E-state index < -0.39 is 168 Å². The van der Waals surface area contributed by atoms with Gasteiger partial charge in [-0.3, -0.25) is 14.4 Å². The van der Waals surface area contributed by atoms with Crippen LogP contribution in [-0.2, 0) is 104 Å². The van der Waals surface area contributed by atoms with E-state index in [1.165, 1.54) is 21.3 Å². The van der Waals surface area contributed by atoms with Crippen molar-refractivity contribution in [2.45, 2.75) is 379 Å². The Labute approximate surface area is 853 Å². The van der Waals surface area contributed by atoms with E-state index in [0.717, 1.165) is 27.9 Å². The zero-order valence-corrected chi connectivity index (χ0v) is 94.6. The van der Waals surface area contributed by atoms with Crippen molar-refractivity contribution in [3.05, 3.63) is 107 Å². The summed E-state index contributed by atoms with van der Waals surface area (Å²) in [5.74, 6) is -7.23. The number of aliphatic hydroxyl groups is 2. The van der Waals surface area contributed by atoms with Crippen molar-refractivity contribution in [3.8, 4) is 18.2 Å². The van der Waals surface area contributed by atoms with Crippen LogP contribution in [0.2, 0.25) is 54.4 Å². The van der Waals surface area contributed by atoms with Gasteiger partial charge in [0.15, 0.2) is 55.2 Å². The quantitative estimate of drug-likeness (QED) is 0.0706. The Morgan fingerprint density at radius 3 is 0.986 bits per heavy atom. The Hall–Kier alpha value is -6.85. The molecule has 16 aliphatic rings. The van der Waals surface area contributed by atoms with Gasteiger partial charge in [-0.15, -0.1) is 0 Å². The minimum absolute atomic E-state index is 0.00442. The molecule has 0 amide bonds. The first-order chi connectivity index (χ1) is 66.5. The van der Waals surface area contributed by atoms with Gasteiger partial charge in [0, 0.05) is 123 Å². The van der Waals surface area contributed by atoms with Crippen LogP contribution in [-0.4, -0.2) is 231 Å². The molecule has 8 aliphatic heterocycles. The van der Waals surface area contributed by atoms with Crippen LogP contribution in [0, 0.1) is 164 Å². The summed E-state index contributed by atoms with van der Waals surface area (Å²) in [5, 5.41) is 51.4. The first-order valence-corrected chi connectivity index (χ1v) is 61.3. The molecule has 790 valence electrons. The number of aliphatic hydroxyl groups excluding tert-OH is 2. The molecule has 0 radical (unpaired) electrons. The molecule has 27 nitrogen and oxygen atoms in total. The van der Waals surface area contributed by atoms with Crippen LogP contribution in [0.3, 0.4) is 0 Å². The summed E-state index contributed by atoms with van der Waals surface area (Å²) in [7, 11) is -0.333. The lowest BCUT2D eigenvalue weighted by molar-refractivity contribution is -0.172. The lowest BCUT2D eigenvalue weighted by Crippen LogP contribution is -2.55. The van der Waals surface area contributed by atoms with E-state index in [2.05, 4.69) is 188 Å². The highest BCUT2D eigenvalue weighted by atomic mass is 28.4. The maximum absolute atomic E-state index is 13.8. The number of allylic oxidation sites excluding steroid dienone is 1. The fourth-order valence-corrected chi connectivity index (χ4v) is 31.3. The predicted octanol–water partition coefficient (Wildman–Crippen LogP) is 17.8. The number of methoxy groups -OCH3 is 4. The zero-order valence-electron chi connectivity index (χ0n) is 91.6. The first kappa shape index (κ1) is 113. The standard InChI is InChI=1S/2C30H45NO6Si.C29H44O6Si.C24H33NO6/c2*1-16-13-17(2)30-20(11-12-21-24(30)25(32)18(3)22(15-31)27(21)36-30)14-23(34-8)28(33)35-26(16)19(4)37-38(9,10)29(5,6)7;1-16-14-22-21-12-11-20-15-23(32-8)27(31)33-26(19(4)35-36(9,10)28(5,6)7)17(2)13-18(3)29(20,34-22)24(21)25(16)30;1-11-8-12(2)24-15(9-18(29-5)23(28)30-21(11)14(4)26)6-7-16-19(24)20(27)13(3)17(10-25)22(16)31-24/h2*11-13,16,18-24,26-27H,14H2,1-10H3;11-14,17,19-24,26H,15H2,1-10H3;6-8,11,13-22,26-27H,9H2,1-5H3/b2*17-13+;18-13+;12-8+/t2*16-,18?,19-,20-,21-,22-,23+,24+,26+,27-,30+;17-,19-,20-,21+,22+,23+,24+,26+,29+;11-,13?,14-,15-,16-,17-,18+,19+,20-,21+,22-,24+/m1111/s1. The van der Waals surface area contributed by atoms with Gasteiger partial charge in [0.2, 0.25) is 0 Å². The average Bonchev–Trinajstić information content (AvgIpc) is 1.55. The number of cyclic esters (lactones) is 4. The number of ether oxygens (including phenoxy) is 12. The summed E-state index contributed by atoms with van der Waals surface area (Å²) < 4.78 is 94.1. The third kappa shape index (κ3) is 19.7. The minimum Gasteiger partial charge on any atom is -0.457 e. The van der Waals surface area contributed by atoms with Crippen LogP contribution in [0.4, 0.5) is 0 Å². The summed E-state index contributed by atoms with van der Waals surface area (Å²) in [6, 6.07) is 7.09. The Morgan fingerprint density at radius 1 is 0.392 bits per heavy atom. The minimum atomic E-state index is -2.14. The Bertz CT molecular complexity index is 5070. The molecule has 0 aromatic heterocycles. The monoisotopic (exact) mass is 2030 g/mol. The van der Waals surface area contributed by atoms with E-state index in [1.54, 1.807) is 14.0 Å². The second kappa shape index (κ2) is 41.8. The molecule has 0 aromatic carbocycles. The molecular formula is C113H167N3O24Si3. The van der Waals surface area contributed by atoms with Crippen molar-refractivity contribution in [1.82, 2.24) is 0 Å². The van der Waals surface area contributed by atoms with Crippen LogP contribution in [0.25, 0.3) is 0 Å². The maximum Gasteiger partial charge on any atom is 0.335 e. The van der Waals surface area contributed by atoms with Gasteiger partial charge in [0.05, 0.1) is 109 Å². The zero-order chi connectivity index (χ0) is 106. The highest BCUT2D eigenvalue weighted by molar-refractivity contribution is 6.75. The number of ketones is 3. The Morgan fingerprint density at radius 2 is 0.671 bits per heavy atom. The summed E-state index contributed by atoms with van der Waals surface area (Å²) in [6.07, 6.45) is 19.1. The van der Waals surface area contributed by atoms with E-state index >= 15 is 0 Å². The van der Waals surface area contributed by atoms with Crippen LogP contribution in [0.5, 0.6) is 0 Å². The SMILES string of the molecule is CO[C@H]1C[C@H]2C=C[C@H]3[C@@H]4C=C(C)C(=O)[C@H]3[C@]2(O4)/C(C)=C/[C@@H](C)[C@@H]([C@@H](C)O[Si](C)(C)C(C)(C)C)OC1=O.CO[C@H]1C[C@H]2C=C[C@H]3[C@H]4O[C@]2(/C(C)=C/[C@@H](C)[C@@H]([C@@H](C)O)OC1=O)[C@@H]3[C@H](O)C(C)[C@H]4C#N.CO[C@H]1C[C@H]2C=C[C@H]3[C@H]4O[C@]2(/C(C)=C/[C@@H](C)[C@@H]([C@@H](C)O[Si](C)(C)C(C)(C)C)OC1=O)[C@@H]3C(=O)C(C)[C@H]4C#N.CO[C@H]1C[C@H]2C=C[C@H]3[C@H]4O[C@]2(/C(C)=C/[C@@H](C)[C@@H]([C@@H](C)O[Si](C)(C)C(C)(C)C)OC1=O)[C@@H]3C(=O)C(C)[C@H]4C#N. The molecule has 16 rings (SSSR count). The van der Waals surface area contributed by atoms with Crippen molar-refractivity contribution in [1.29, 1.82) is 15.8 Å². The number of Topliss-reactive ketones (excluding diaryl/α,β-unsaturated/α-hetero) is 3. The lowest BCUT2D eigenvalue weighted by atomic mass is 9.56. The van der Waals surface area contributed by atoms with Crippen molar-refractivity contribution < 1.29 is 114 Å². The molecule has 0 aromatic rings. The van der Waals surface area contributed by atoms with Crippen LogP contribution in [0.15, 0.2) is 107 Å². The summed E-state index contributed by atoms with van der Waals surface area (Å²) >= 11 is 0. The number of nitriles is 3. The number of hydrogen-bond donors (Lipinski definition) is 2. The van der Waals surface area contributed by atoms with Gasteiger partial charge in [-0.05, 0) is 176 Å². The molecule has 3 unspecified atom stereocenters. The molecule has 4 saturated heterocycles. The fraction of sp³-hybridized carbons (Fsp3) is 0.752. The molecule has 4 spiro atoms. The van der Waals surface area contributed by atoms with Crippen LogP contribution >= 0.6 is 0 Å². The lowest BCUT2D eigenvalue weighted by Gasteiger charge is -2.48. The topological polar surface area (TPSA) is 370 Å². The van der Waals surface area contributed by atoms with Crippen LogP contribution < -0.4 is 0 Å². The van der Waals surface area contributed by atoms with E-state index in [4.69, 9.17) is 70.1 Å². The second-order valence-electron chi connectivity index (χ2n) is 49.4. The number of rotatable bonds is 14. The smallest absolute Gasteiger partial charge is 0.335 e. The molecule has 43 atom stereocenters. The van der Waals surface area contributed by atoms with Gasteiger partial charge in [-0.25, -0.2) is 19.2 Å². The Balaban J connectivity index is 0.000000160. The van der Waals surface area contributed by atoms with Crippen LogP contribution in [0.1, 0.15) is 199 Å². The molecule has 143 heavy (non-hydrogen) atoms. The van der Waals surface area contributed by atoms with Gasteiger partial charge in [0.25, 0.3) is 0 Å². The van der Waals surface area contributed by atoms with Crippen molar-refractivity contribution in [2.75, 3.05) is 28.4 Å². The third-order valence-electron chi connectivity index (χ3n) is 37.8. The highest BCUT2D eigenvalue weighted by Gasteiger charge is 2.73. The summed E-state index contributed by atoms with van der Waals surface area (Å²) in [6.45, 7) is 64.1. The molecule has 8 aliphatic carbocycles. The van der Waals surface area contributed by atoms with Gasteiger partial charge < -0.3 is 80.3 Å². The van der Waals surface area contributed by atoms with Gasteiger partial charge in [-0.1, -0.05) is 184 Å². The molecular weight excluding hydrogens is 1870 g/mol. The largest absolute Gasteiger partial charge is 0.457 e. The number of nitrogens with zero attached hydrogens (tertiary/aromatic N) is 3. The Kier molecular flexibility index (Phi) is 33.1.